The van der Waals surface area contributed by atoms with Crippen LogP contribution >= 0.6 is 11.8 Å². The Balaban J connectivity index is 1.62. The predicted molar refractivity (Wildman–Crippen MR) is 114 cm³/mol. The zero-order valence-corrected chi connectivity index (χ0v) is 17.7. The standard InChI is InChI=1S/C20H23N3O4S2/c1-28-13-19(24)21-17-7-8-18-15-9-14(11-23(18)20(17)25)10-22(12-15)29(26,27)16-5-3-2-4-6-16/h2-8,14-15H,9-13H2,1H3,(H,21,24)/t14-,15+/m0/s1. The van der Waals surface area contributed by atoms with Crippen molar-refractivity contribution in [2.75, 3.05) is 30.4 Å². The third-order valence-electron chi connectivity index (χ3n) is 5.50. The van der Waals surface area contributed by atoms with Gasteiger partial charge in [-0.25, -0.2) is 8.42 Å². The molecule has 9 heteroatoms. The third-order valence-corrected chi connectivity index (χ3v) is 7.90. The minimum atomic E-state index is -3.56. The second kappa shape index (κ2) is 7.97. The zero-order valence-electron chi connectivity index (χ0n) is 16.1. The van der Waals surface area contributed by atoms with E-state index in [4.69, 9.17) is 0 Å². The van der Waals surface area contributed by atoms with Crippen molar-refractivity contribution in [3.05, 3.63) is 58.5 Å². The van der Waals surface area contributed by atoms with Crippen molar-refractivity contribution in [1.29, 1.82) is 0 Å². The van der Waals surface area contributed by atoms with Crippen molar-refractivity contribution in [3.8, 4) is 0 Å². The summed E-state index contributed by atoms with van der Waals surface area (Å²) in [5.41, 5.74) is 0.898. The molecule has 2 aliphatic rings. The van der Waals surface area contributed by atoms with Crippen LogP contribution in [0.15, 0.2) is 52.2 Å². The minimum absolute atomic E-state index is 0.0374. The SMILES string of the molecule is CSCC(=O)Nc1ccc2n(c1=O)C[C@H]1C[C@@H]2CN(S(=O)(=O)c2ccccc2)C1. The summed E-state index contributed by atoms with van der Waals surface area (Å²) < 4.78 is 29.3. The summed E-state index contributed by atoms with van der Waals surface area (Å²) in [7, 11) is -3.56. The van der Waals surface area contributed by atoms with Gasteiger partial charge in [-0.2, -0.15) is 16.1 Å². The van der Waals surface area contributed by atoms with E-state index in [1.165, 1.54) is 11.8 Å². The number of fused-ring (bicyclic) bond motifs is 4. The summed E-state index contributed by atoms with van der Waals surface area (Å²) in [5.74, 6) is 0.115. The minimum Gasteiger partial charge on any atom is -0.321 e. The molecular weight excluding hydrogens is 410 g/mol. The number of nitrogens with one attached hydrogen (secondary N) is 1. The highest BCUT2D eigenvalue weighted by Crippen LogP contribution is 2.37. The van der Waals surface area contributed by atoms with E-state index in [9.17, 15) is 18.0 Å². The molecule has 0 radical (unpaired) electrons. The number of amides is 1. The molecule has 2 aromatic rings. The number of benzene rings is 1. The van der Waals surface area contributed by atoms with E-state index in [-0.39, 0.29) is 29.0 Å². The second-order valence-electron chi connectivity index (χ2n) is 7.50. The number of pyridine rings is 1. The average Bonchev–Trinajstić information content (AvgIpc) is 2.71. The predicted octanol–water partition coefficient (Wildman–Crippen LogP) is 1.96. The van der Waals surface area contributed by atoms with E-state index >= 15 is 0 Å². The molecule has 7 nitrogen and oxygen atoms in total. The van der Waals surface area contributed by atoms with E-state index in [0.29, 0.717) is 30.3 Å². The molecule has 0 saturated carbocycles. The Morgan fingerprint density at radius 2 is 1.90 bits per heavy atom. The van der Waals surface area contributed by atoms with Crippen LogP contribution in [-0.2, 0) is 21.4 Å². The smallest absolute Gasteiger partial charge is 0.274 e. The highest BCUT2D eigenvalue weighted by Gasteiger charge is 2.39. The van der Waals surface area contributed by atoms with Crippen molar-refractivity contribution in [3.63, 3.8) is 0 Å². The van der Waals surface area contributed by atoms with Crippen LogP contribution in [0.25, 0.3) is 0 Å². The van der Waals surface area contributed by atoms with Crippen LogP contribution in [0.2, 0.25) is 0 Å². The number of piperidine rings is 1. The molecule has 1 aromatic carbocycles. The quantitative estimate of drug-likeness (QED) is 0.779. The first-order valence-corrected chi connectivity index (χ1v) is 12.3. The summed E-state index contributed by atoms with van der Waals surface area (Å²) >= 11 is 1.39. The fraction of sp³-hybridized carbons (Fsp3) is 0.400. The number of hydrogen-bond donors (Lipinski definition) is 1. The van der Waals surface area contributed by atoms with Crippen molar-refractivity contribution in [1.82, 2.24) is 8.87 Å². The van der Waals surface area contributed by atoms with Gasteiger partial charge >= 0.3 is 0 Å². The molecule has 1 N–H and O–H groups in total. The van der Waals surface area contributed by atoms with Gasteiger partial charge in [0.2, 0.25) is 15.9 Å². The van der Waals surface area contributed by atoms with E-state index in [2.05, 4.69) is 5.32 Å². The lowest BCUT2D eigenvalue weighted by Crippen LogP contribution is -2.49. The van der Waals surface area contributed by atoms with Crippen molar-refractivity contribution < 1.29 is 13.2 Å². The van der Waals surface area contributed by atoms with Crippen LogP contribution in [0.1, 0.15) is 18.0 Å². The maximum Gasteiger partial charge on any atom is 0.274 e. The molecule has 3 heterocycles. The Bertz CT molecular complexity index is 1080. The molecule has 2 atom stereocenters. The average molecular weight is 434 g/mol. The monoisotopic (exact) mass is 433 g/mol. The first-order chi connectivity index (χ1) is 13.9. The normalized spacial score (nSPS) is 21.4. The van der Waals surface area contributed by atoms with Crippen LogP contribution < -0.4 is 10.9 Å². The number of hydrogen-bond acceptors (Lipinski definition) is 5. The van der Waals surface area contributed by atoms with Crippen molar-refractivity contribution in [2.24, 2.45) is 5.92 Å². The summed E-state index contributed by atoms with van der Waals surface area (Å²) in [5, 5.41) is 2.68. The maximum absolute atomic E-state index is 13.0. The Labute approximate surface area is 174 Å². The van der Waals surface area contributed by atoms with E-state index in [0.717, 1.165) is 12.1 Å². The van der Waals surface area contributed by atoms with Gasteiger partial charge in [0, 0.05) is 31.2 Å². The first-order valence-electron chi connectivity index (χ1n) is 9.48. The fourth-order valence-corrected chi connectivity index (χ4v) is 6.17. The number of anilines is 1. The van der Waals surface area contributed by atoms with Gasteiger partial charge in [0.15, 0.2) is 0 Å². The summed E-state index contributed by atoms with van der Waals surface area (Å²) in [6.45, 7) is 1.20. The molecule has 1 fully saturated rings. The molecule has 0 spiro atoms. The fourth-order valence-electron chi connectivity index (χ4n) is 4.25. The lowest BCUT2D eigenvalue weighted by atomic mass is 9.84. The number of sulfonamides is 1. The van der Waals surface area contributed by atoms with Crippen LogP contribution in [0.5, 0.6) is 0 Å². The molecule has 1 aromatic heterocycles. The van der Waals surface area contributed by atoms with Crippen molar-refractivity contribution >= 4 is 33.4 Å². The number of carbonyl (C=O) groups excluding carboxylic acids is 1. The summed E-state index contributed by atoms with van der Waals surface area (Å²) in [4.78, 5) is 25.1. The summed E-state index contributed by atoms with van der Waals surface area (Å²) in [6.07, 6.45) is 2.69. The third kappa shape index (κ3) is 3.86. The molecule has 0 unspecified atom stereocenters. The molecule has 2 bridgehead atoms. The Hall–Kier alpha value is -2.10. The van der Waals surface area contributed by atoms with Gasteiger partial charge in [-0.05, 0) is 42.9 Å². The van der Waals surface area contributed by atoms with Gasteiger partial charge in [0.1, 0.15) is 5.69 Å². The van der Waals surface area contributed by atoms with Gasteiger partial charge in [-0.1, -0.05) is 18.2 Å². The van der Waals surface area contributed by atoms with Gasteiger partial charge in [-0.15, -0.1) is 0 Å². The molecule has 2 aliphatic heterocycles. The lowest BCUT2D eigenvalue weighted by molar-refractivity contribution is -0.113. The second-order valence-corrected chi connectivity index (χ2v) is 10.3. The number of carbonyl (C=O) groups is 1. The van der Waals surface area contributed by atoms with E-state index in [1.807, 2.05) is 12.3 Å². The number of thioether (sulfide) groups is 1. The topological polar surface area (TPSA) is 88.5 Å². The van der Waals surface area contributed by atoms with Gasteiger partial charge in [-0.3, -0.25) is 9.59 Å². The largest absolute Gasteiger partial charge is 0.321 e. The van der Waals surface area contributed by atoms with E-state index < -0.39 is 10.0 Å². The Morgan fingerprint density at radius 3 is 2.62 bits per heavy atom. The molecule has 154 valence electrons. The number of aromatic nitrogens is 1. The lowest BCUT2D eigenvalue weighted by Gasteiger charge is -2.42. The molecular formula is C20H23N3O4S2. The number of nitrogens with zero attached hydrogens (tertiary/aromatic N) is 2. The Morgan fingerprint density at radius 1 is 1.14 bits per heavy atom. The maximum atomic E-state index is 13.0. The van der Waals surface area contributed by atoms with Crippen LogP contribution in [0, 0.1) is 5.92 Å². The zero-order chi connectivity index (χ0) is 20.6. The molecule has 1 saturated heterocycles. The first kappa shape index (κ1) is 20.2. The molecule has 0 aliphatic carbocycles. The van der Waals surface area contributed by atoms with Crippen LogP contribution in [0.3, 0.4) is 0 Å². The Kier molecular flexibility index (Phi) is 5.54. The molecule has 4 rings (SSSR count). The van der Waals surface area contributed by atoms with Gasteiger partial charge in [0.05, 0.1) is 10.6 Å². The van der Waals surface area contributed by atoms with Gasteiger partial charge < -0.3 is 9.88 Å². The van der Waals surface area contributed by atoms with E-state index in [1.54, 1.807) is 45.3 Å². The van der Waals surface area contributed by atoms with Crippen LogP contribution in [0.4, 0.5) is 5.69 Å². The van der Waals surface area contributed by atoms with Crippen LogP contribution in [-0.4, -0.2) is 48.3 Å². The molecule has 1 amide bonds. The highest BCUT2D eigenvalue weighted by atomic mass is 32.2. The van der Waals surface area contributed by atoms with Crippen molar-refractivity contribution in [2.45, 2.75) is 23.8 Å². The summed E-state index contributed by atoms with van der Waals surface area (Å²) in [6, 6.07) is 11.9. The number of rotatable bonds is 5. The molecule has 29 heavy (non-hydrogen) atoms. The highest BCUT2D eigenvalue weighted by molar-refractivity contribution is 7.99. The van der Waals surface area contributed by atoms with Gasteiger partial charge in [0.25, 0.3) is 5.56 Å².